The van der Waals surface area contributed by atoms with E-state index in [4.69, 9.17) is 4.74 Å². The lowest BCUT2D eigenvalue weighted by molar-refractivity contribution is 0.0335. The van der Waals surface area contributed by atoms with E-state index in [-0.39, 0.29) is 11.9 Å². The minimum absolute atomic E-state index is 0.0770. The Balaban J connectivity index is 2.05. The average molecular weight is 379 g/mol. The Bertz CT molecular complexity index is 859. The van der Waals surface area contributed by atoms with Crippen LogP contribution >= 0.6 is 0 Å². The van der Waals surface area contributed by atoms with Crippen LogP contribution in [0.2, 0.25) is 0 Å². The molecule has 28 heavy (non-hydrogen) atoms. The molecule has 1 heterocycles. The highest BCUT2D eigenvalue weighted by Gasteiger charge is 2.46. The van der Waals surface area contributed by atoms with Crippen LogP contribution in [-0.2, 0) is 5.66 Å². The summed E-state index contributed by atoms with van der Waals surface area (Å²) < 4.78 is 5.75. The van der Waals surface area contributed by atoms with E-state index in [1.165, 1.54) is 0 Å². The summed E-state index contributed by atoms with van der Waals surface area (Å²) in [5, 5.41) is 3.69. The van der Waals surface area contributed by atoms with E-state index in [2.05, 4.69) is 44.8 Å². The summed E-state index contributed by atoms with van der Waals surface area (Å²) >= 11 is 0. The van der Waals surface area contributed by atoms with Gasteiger partial charge in [0.25, 0.3) is 5.91 Å². The van der Waals surface area contributed by atoms with Crippen molar-refractivity contribution in [3.63, 3.8) is 0 Å². The number of benzene rings is 2. The maximum absolute atomic E-state index is 13.5. The molecule has 0 bridgehead atoms. The molecule has 0 aliphatic carbocycles. The number of ether oxygens (including phenoxy) is 1. The van der Waals surface area contributed by atoms with Crippen LogP contribution in [0.1, 0.15) is 56.5 Å². The summed E-state index contributed by atoms with van der Waals surface area (Å²) in [6, 6.07) is 15.9. The fourth-order valence-electron chi connectivity index (χ4n) is 3.83. The number of anilines is 1. The number of fused-ring (bicyclic) bond motifs is 1. The van der Waals surface area contributed by atoms with E-state index in [9.17, 15) is 4.79 Å². The molecule has 4 nitrogen and oxygen atoms in total. The number of hydrogen-bond acceptors (Lipinski definition) is 3. The van der Waals surface area contributed by atoms with Gasteiger partial charge < -0.3 is 15.0 Å². The van der Waals surface area contributed by atoms with Crippen LogP contribution in [-0.4, -0.2) is 23.5 Å². The number of amides is 1. The third-order valence-electron chi connectivity index (χ3n) is 5.49. The number of para-hydroxylation sites is 1. The number of carbonyl (C=O) groups excluding carboxylic acids is 1. The molecule has 2 aromatic rings. The van der Waals surface area contributed by atoms with Gasteiger partial charge in [0.2, 0.25) is 0 Å². The molecule has 0 aromatic heterocycles. The summed E-state index contributed by atoms with van der Waals surface area (Å²) in [6.45, 7) is 12.7. The smallest absolute Gasteiger partial charge is 0.258 e. The molecular formula is C24H30N2O2. The Morgan fingerprint density at radius 2 is 1.86 bits per heavy atom. The van der Waals surface area contributed by atoms with Gasteiger partial charge in [0.05, 0.1) is 5.56 Å². The van der Waals surface area contributed by atoms with Gasteiger partial charge in [-0.1, -0.05) is 44.7 Å². The molecule has 1 aliphatic rings. The summed E-state index contributed by atoms with van der Waals surface area (Å²) in [7, 11) is 0. The Hall–Kier alpha value is -2.75. The van der Waals surface area contributed by atoms with Gasteiger partial charge in [-0.25, -0.2) is 0 Å². The maximum atomic E-state index is 13.5. The molecule has 4 heteroatoms. The Kier molecular flexibility index (Phi) is 5.78. The third-order valence-corrected chi connectivity index (χ3v) is 5.49. The fourth-order valence-corrected chi connectivity index (χ4v) is 3.83. The number of carbonyl (C=O) groups is 1. The van der Waals surface area contributed by atoms with Gasteiger partial charge in [-0.2, -0.15) is 0 Å². The van der Waals surface area contributed by atoms with Crippen molar-refractivity contribution >= 4 is 11.6 Å². The lowest BCUT2D eigenvalue weighted by atomic mass is 9.88. The molecule has 2 atom stereocenters. The van der Waals surface area contributed by atoms with Crippen molar-refractivity contribution in [2.24, 2.45) is 0 Å². The highest BCUT2D eigenvalue weighted by Crippen LogP contribution is 2.42. The molecule has 0 saturated carbocycles. The molecule has 2 unspecified atom stereocenters. The monoisotopic (exact) mass is 378 g/mol. The zero-order chi connectivity index (χ0) is 20.3. The summed E-state index contributed by atoms with van der Waals surface area (Å²) in [4.78, 5) is 15.5. The van der Waals surface area contributed by atoms with E-state index >= 15 is 0 Å². The van der Waals surface area contributed by atoms with Crippen LogP contribution in [0, 0.1) is 0 Å². The van der Waals surface area contributed by atoms with Crippen molar-refractivity contribution in [2.75, 3.05) is 11.9 Å². The summed E-state index contributed by atoms with van der Waals surface area (Å²) in [6.07, 6.45) is 1.64. The van der Waals surface area contributed by atoms with Gasteiger partial charge in [0.1, 0.15) is 18.0 Å². The SMILES string of the molecule is C=C(C)COc1ccc(C2(CC)Nc3ccccc3C(=O)N2C(C)CC)cc1. The predicted molar refractivity (Wildman–Crippen MR) is 115 cm³/mol. The van der Waals surface area contributed by atoms with Gasteiger partial charge in [-0.05, 0) is 62.1 Å². The van der Waals surface area contributed by atoms with E-state index in [0.717, 1.165) is 41.0 Å². The molecule has 0 spiro atoms. The van der Waals surface area contributed by atoms with Gasteiger partial charge in [-0.15, -0.1) is 0 Å². The maximum Gasteiger partial charge on any atom is 0.258 e. The number of nitrogens with zero attached hydrogens (tertiary/aromatic N) is 1. The fraction of sp³-hybridized carbons (Fsp3) is 0.375. The van der Waals surface area contributed by atoms with E-state index in [1.807, 2.05) is 48.2 Å². The first-order valence-electron chi connectivity index (χ1n) is 10.0. The average Bonchev–Trinajstić information content (AvgIpc) is 2.72. The standard InChI is InChI=1S/C24H30N2O2/c1-6-18(5)26-23(27)21-10-8-9-11-22(21)25-24(26,7-2)19-12-14-20(15-13-19)28-16-17(3)4/h8-15,18,25H,3,6-7,16H2,1-2,4-5H3. The first kappa shape index (κ1) is 20.0. The van der Waals surface area contributed by atoms with Crippen LogP contribution in [0.5, 0.6) is 5.75 Å². The zero-order valence-electron chi connectivity index (χ0n) is 17.3. The predicted octanol–water partition coefficient (Wildman–Crippen LogP) is 5.57. The van der Waals surface area contributed by atoms with E-state index < -0.39 is 5.66 Å². The topological polar surface area (TPSA) is 41.6 Å². The quantitative estimate of drug-likeness (QED) is 0.640. The van der Waals surface area contributed by atoms with Gasteiger partial charge in [0, 0.05) is 11.7 Å². The van der Waals surface area contributed by atoms with Crippen molar-refractivity contribution in [1.82, 2.24) is 4.90 Å². The van der Waals surface area contributed by atoms with Crippen LogP contribution < -0.4 is 10.1 Å². The Morgan fingerprint density at radius 1 is 1.18 bits per heavy atom. The Labute approximate surface area is 168 Å². The van der Waals surface area contributed by atoms with Gasteiger partial charge >= 0.3 is 0 Å². The van der Waals surface area contributed by atoms with Crippen LogP contribution in [0.15, 0.2) is 60.7 Å². The minimum Gasteiger partial charge on any atom is -0.489 e. The minimum atomic E-state index is -0.590. The second kappa shape index (κ2) is 8.09. The van der Waals surface area contributed by atoms with Crippen molar-refractivity contribution in [3.05, 3.63) is 71.8 Å². The van der Waals surface area contributed by atoms with Crippen LogP contribution in [0.4, 0.5) is 5.69 Å². The molecule has 0 radical (unpaired) electrons. The molecular weight excluding hydrogens is 348 g/mol. The number of nitrogens with one attached hydrogen (secondary N) is 1. The van der Waals surface area contributed by atoms with Crippen molar-refractivity contribution in [1.29, 1.82) is 0 Å². The van der Waals surface area contributed by atoms with Crippen LogP contribution in [0.3, 0.4) is 0 Å². The Morgan fingerprint density at radius 3 is 2.46 bits per heavy atom. The molecule has 3 rings (SSSR count). The molecule has 0 saturated heterocycles. The first-order valence-corrected chi connectivity index (χ1v) is 10.0. The lowest BCUT2D eigenvalue weighted by Gasteiger charge is -2.51. The van der Waals surface area contributed by atoms with Crippen molar-refractivity contribution in [2.45, 2.75) is 52.2 Å². The van der Waals surface area contributed by atoms with Crippen molar-refractivity contribution in [3.8, 4) is 5.75 Å². The highest BCUT2D eigenvalue weighted by molar-refractivity contribution is 6.02. The van der Waals surface area contributed by atoms with E-state index in [1.54, 1.807) is 0 Å². The second-order valence-corrected chi connectivity index (χ2v) is 7.59. The molecule has 148 valence electrons. The number of rotatable bonds is 7. The summed E-state index contributed by atoms with van der Waals surface area (Å²) in [5.74, 6) is 0.879. The molecule has 1 amide bonds. The zero-order valence-corrected chi connectivity index (χ0v) is 17.3. The third kappa shape index (κ3) is 3.51. The normalized spacial score (nSPS) is 19.6. The highest BCUT2D eigenvalue weighted by atomic mass is 16.5. The lowest BCUT2D eigenvalue weighted by Crippen LogP contribution is -2.60. The summed E-state index contributed by atoms with van der Waals surface area (Å²) in [5.41, 5.74) is 3.06. The van der Waals surface area contributed by atoms with Gasteiger partial charge in [-0.3, -0.25) is 4.79 Å². The van der Waals surface area contributed by atoms with Crippen molar-refractivity contribution < 1.29 is 9.53 Å². The van der Waals surface area contributed by atoms with E-state index in [0.29, 0.717) is 6.61 Å². The van der Waals surface area contributed by atoms with Crippen LogP contribution in [0.25, 0.3) is 0 Å². The van der Waals surface area contributed by atoms with Gasteiger partial charge in [0.15, 0.2) is 0 Å². The second-order valence-electron chi connectivity index (χ2n) is 7.59. The largest absolute Gasteiger partial charge is 0.489 e. The first-order chi connectivity index (χ1) is 13.4. The number of hydrogen-bond donors (Lipinski definition) is 1. The molecule has 1 aliphatic heterocycles. The molecule has 2 aromatic carbocycles. The molecule has 1 N–H and O–H groups in total. The molecule has 0 fully saturated rings.